The monoisotopic (exact) mass is 549 g/mol. The van der Waals surface area contributed by atoms with Crippen molar-refractivity contribution in [2.75, 3.05) is 0 Å². The molecule has 2 aliphatic rings. The van der Waals surface area contributed by atoms with Crippen molar-refractivity contribution in [3.05, 3.63) is 67.2 Å². The minimum absolute atomic E-state index is 0.0826. The summed E-state index contributed by atoms with van der Waals surface area (Å²) in [7, 11) is 0. The van der Waals surface area contributed by atoms with Crippen LogP contribution in [-0.4, -0.2) is 34.2 Å². The first kappa shape index (κ1) is 26.3. The third kappa shape index (κ3) is 5.14. The Hall–Kier alpha value is -3.96. The van der Waals surface area contributed by atoms with Crippen LogP contribution in [0.3, 0.4) is 0 Å². The number of H-pyrrole nitrogens is 1. The number of aromatic amines is 1. The Morgan fingerprint density at radius 1 is 1.10 bits per heavy atom. The number of hydrogen-bond acceptors (Lipinski definition) is 8. The maximum Gasteiger partial charge on any atom is 0.331 e. The minimum atomic E-state index is -1.57. The summed E-state index contributed by atoms with van der Waals surface area (Å²) in [6.07, 6.45) is 8.32. The zero-order chi connectivity index (χ0) is 27.9. The number of nitrogens with zero attached hydrogens (tertiary/aromatic N) is 6. The van der Waals surface area contributed by atoms with E-state index in [1.165, 1.54) is 37.2 Å². The normalized spacial score (nSPS) is 16.9. The molecule has 2 saturated carbocycles. The van der Waals surface area contributed by atoms with Gasteiger partial charge in [-0.3, -0.25) is 23.7 Å². The van der Waals surface area contributed by atoms with E-state index in [-0.39, 0.29) is 23.4 Å². The average molecular weight is 550 g/mol. The van der Waals surface area contributed by atoms with Crippen LogP contribution in [0.25, 0.3) is 22.6 Å². The molecular formula is C28H32FN7O4. The van der Waals surface area contributed by atoms with Gasteiger partial charge in [0.15, 0.2) is 17.5 Å². The van der Waals surface area contributed by atoms with Crippen molar-refractivity contribution < 1.29 is 8.91 Å². The quantitative estimate of drug-likeness (QED) is 0.264. The highest BCUT2D eigenvalue weighted by atomic mass is 19.1. The topological polar surface area (TPSA) is 142 Å². The zero-order valence-corrected chi connectivity index (χ0v) is 22.4. The van der Waals surface area contributed by atoms with Crippen LogP contribution in [0, 0.1) is 11.3 Å². The van der Waals surface area contributed by atoms with Crippen LogP contribution in [0.2, 0.25) is 0 Å². The number of halogens is 1. The lowest BCUT2D eigenvalue weighted by Crippen LogP contribution is -2.42. The Bertz CT molecular complexity index is 1700. The number of alkyl halides is 1. The summed E-state index contributed by atoms with van der Waals surface area (Å²) < 4.78 is 21.8. The predicted octanol–water partition coefficient (Wildman–Crippen LogP) is 3.72. The molecule has 1 N–H and O–H groups in total. The molecule has 0 bridgehead atoms. The van der Waals surface area contributed by atoms with Crippen LogP contribution in [-0.2, 0) is 19.5 Å². The lowest BCUT2D eigenvalue weighted by molar-refractivity contribution is 0.356. The maximum absolute atomic E-state index is 14.1. The SMILES string of the molecule is CC(F)c1nc2c(=O)n(CCCCc3noc(-c4ccccn4)n3)c(=O)n(CCCC3(C4CC4)CC3)c2c(=O)[nH]1. The molecule has 2 aliphatic carbocycles. The third-order valence-electron chi connectivity index (χ3n) is 8.25. The fourth-order valence-electron chi connectivity index (χ4n) is 5.74. The lowest BCUT2D eigenvalue weighted by Gasteiger charge is -2.16. The lowest BCUT2D eigenvalue weighted by atomic mass is 9.94. The Morgan fingerprint density at radius 2 is 1.90 bits per heavy atom. The third-order valence-corrected chi connectivity index (χ3v) is 8.25. The van der Waals surface area contributed by atoms with E-state index in [4.69, 9.17) is 4.52 Å². The Balaban J connectivity index is 1.22. The summed E-state index contributed by atoms with van der Waals surface area (Å²) in [5.41, 5.74) is -1.18. The Labute approximate surface area is 228 Å². The van der Waals surface area contributed by atoms with E-state index in [2.05, 4.69) is 25.1 Å². The molecule has 12 heteroatoms. The molecule has 0 amide bonds. The first-order valence-electron chi connectivity index (χ1n) is 14.0. The summed E-state index contributed by atoms with van der Waals surface area (Å²) >= 11 is 0. The summed E-state index contributed by atoms with van der Waals surface area (Å²) in [6.45, 7) is 1.67. The number of aromatic nitrogens is 7. The van der Waals surface area contributed by atoms with Crippen molar-refractivity contribution in [2.45, 2.75) is 84.0 Å². The van der Waals surface area contributed by atoms with E-state index in [1.807, 2.05) is 6.07 Å². The first-order valence-corrected chi connectivity index (χ1v) is 14.0. The second kappa shape index (κ2) is 10.5. The summed E-state index contributed by atoms with van der Waals surface area (Å²) in [6, 6.07) is 5.40. The zero-order valence-electron chi connectivity index (χ0n) is 22.4. The molecule has 0 aliphatic heterocycles. The maximum atomic E-state index is 14.1. The van der Waals surface area contributed by atoms with E-state index >= 15 is 0 Å². The molecule has 1 atom stereocenters. The van der Waals surface area contributed by atoms with E-state index in [9.17, 15) is 18.8 Å². The molecule has 4 heterocycles. The highest BCUT2D eigenvalue weighted by molar-refractivity contribution is 5.72. The van der Waals surface area contributed by atoms with E-state index in [1.54, 1.807) is 18.3 Å². The molecular weight excluding hydrogens is 517 g/mol. The number of unbranched alkanes of at least 4 members (excludes halogenated alkanes) is 1. The van der Waals surface area contributed by atoms with Crippen molar-refractivity contribution in [3.8, 4) is 11.6 Å². The molecule has 1 unspecified atom stereocenters. The molecule has 0 saturated heterocycles. The van der Waals surface area contributed by atoms with Crippen LogP contribution in [0.15, 0.2) is 43.3 Å². The smallest absolute Gasteiger partial charge is 0.331 e. The molecule has 0 aromatic carbocycles. The fourth-order valence-corrected chi connectivity index (χ4v) is 5.74. The van der Waals surface area contributed by atoms with Gasteiger partial charge in [-0.05, 0) is 81.8 Å². The van der Waals surface area contributed by atoms with Gasteiger partial charge in [-0.25, -0.2) is 14.2 Å². The van der Waals surface area contributed by atoms with Gasteiger partial charge in [0.1, 0.15) is 17.0 Å². The standard InChI is InChI=1S/C28H32FN7O4/c1-17(29)23-32-21-22(24(37)33-23)35(16-6-11-28(12-13-28)18-9-10-18)27(39)36(26(21)38)15-5-3-8-20-31-25(40-34-20)19-7-2-4-14-30-19/h2,4,7,14,17-18H,3,5-6,8-13,15-16H2,1H3,(H,32,33,37). The van der Waals surface area contributed by atoms with Crippen molar-refractivity contribution in [1.82, 2.24) is 34.2 Å². The van der Waals surface area contributed by atoms with E-state index < -0.39 is 23.0 Å². The Kier molecular flexibility index (Phi) is 6.93. The van der Waals surface area contributed by atoms with Crippen molar-refractivity contribution in [1.29, 1.82) is 0 Å². The average Bonchev–Trinajstić information content (AvgIpc) is 3.88. The second-order valence-corrected chi connectivity index (χ2v) is 11.1. The first-order chi connectivity index (χ1) is 19.4. The van der Waals surface area contributed by atoms with Gasteiger partial charge in [-0.15, -0.1) is 0 Å². The van der Waals surface area contributed by atoms with Gasteiger partial charge in [0.05, 0.1) is 0 Å². The molecule has 4 aromatic heterocycles. The van der Waals surface area contributed by atoms with Crippen molar-refractivity contribution >= 4 is 11.0 Å². The molecule has 2 fully saturated rings. The predicted molar refractivity (Wildman–Crippen MR) is 144 cm³/mol. The molecule has 40 heavy (non-hydrogen) atoms. The number of nitrogens with one attached hydrogen (secondary N) is 1. The van der Waals surface area contributed by atoms with Crippen LogP contribution < -0.4 is 16.8 Å². The molecule has 6 rings (SSSR count). The van der Waals surface area contributed by atoms with Gasteiger partial charge in [0, 0.05) is 25.7 Å². The summed E-state index contributed by atoms with van der Waals surface area (Å²) in [5, 5.41) is 3.99. The van der Waals surface area contributed by atoms with E-state index in [0.29, 0.717) is 48.6 Å². The number of pyridine rings is 1. The van der Waals surface area contributed by atoms with Gasteiger partial charge in [-0.1, -0.05) is 11.2 Å². The van der Waals surface area contributed by atoms with Crippen molar-refractivity contribution in [3.63, 3.8) is 0 Å². The highest BCUT2D eigenvalue weighted by Gasteiger charge is 2.52. The molecule has 4 aromatic rings. The largest absolute Gasteiger partial charge is 0.332 e. The minimum Gasteiger partial charge on any atom is -0.332 e. The Morgan fingerprint density at radius 3 is 2.60 bits per heavy atom. The molecule has 0 spiro atoms. The highest BCUT2D eigenvalue weighted by Crippen LogP contribution is 2.63. The number of aryl methyl sites for hydroxylation is 2. The molecule has 11 nitrogen and oxygen atoms in total. The van der Waals surface area contributed by atoms with Crippen LogP contribution in [0.5, 0.6) is 0 Å². The van der Waals surface area contributed by atoms with Gasteiger partial charge in [0.25, 0.3) is 17.0 Å². The molecule has 210 valence electrons. The van der Waals surface area contributed by atoms with Crippen molar-refractivity contribution in [2.24, 2.45) is 11.3 Å². The van der Waals surface area contributed by atoms with Crippen LogP contribution in [0.1, 0.15) is 76.1 Å². The van der Waals surface area contributed by atoms with Gasteiger partial charge in [-0.2, -0.15) is 4.98 Å². The molecule has 0 radical (unpaired) electrons. The van der Waals surface area contributed by atoms with Crippen LogP contribution >= 0.6 is 0 Å². The van der Waals surface area contributed by atoms with Crippen LogP contribution in [0.4, 0.5) is 4.39 Å². The number of rotatable bonds is 12. The van der Waals surface area contributed by atoms with Gasteiger partial charge in [0.2, 0.25) is 0 Å². The van der Waals surface area contributed by atoms with Gasteiger partial charge < -0.3 is 9.51 Å². The summed E-state index contributed by atoms with van der Waals surface area (Å²) in [4.78, 5) is 55.0. The van der Waals surface area contributed by atoms with Gasteiger partial charge >= 0.3 is 5.69 Å². The fraction of sp³-hybridized carbons (Fsp3) is 0.536. The van der Waals surface area contributed by atoms with E-state index in [0.717, 1.165) is 23.3 Å². The second-order valence-electron chi connectivity index (χ2n) is 11.1. The summed E-state index contributed by atoms with van der Waals surface area (Å²) in [5.74, 6) is 1.39. The number of hydrogen-bond donors (Lipinski definition) is 1. The number of fused-ring (bicyclic) bond motifs is 1.